The number of carbonyl (C=O) groups excluding carboxylic acids is 1. The van der Waals surface area contributed by atoms with Crippen LogP contribution in [0.15, 0.2) is 36.4 Å². The van der Waals surface area contributed by atoms with Crippen molar-refractivity contribution in [2.75, 3.05) is 12.4 Å². The fourth-order valence-electron chi connectivity index (χ4n) is 2.19. The molecule has 0 bridgehead atoms. The molecule has 0 aliphatic heterocycles. The number of hydrogen-bond acceptors (Lipinski definition) is 3. The lowest BCUT2D eigenvalue weighted by Gasteiger charge is -2.09. The van der Waals surface area contributed by atoms with Crippen LogP contribution in [-0.4, -0.2) is 13.0 Å². The predicted octanol–water partition coefficient (Wildman–Crippen LogP) is 3.09. The number of fused-ring (bicyclic) bond motifs is 1. The molecule has 1 aliphatic carbocycles. The molecule has 0 heterocycles. The van der Waals surface area contributed by atoms with E-state index in [0.29, 0.717) is 18.5 Å². The molecule has 0 unspecified atom stereocenters. The van der Waals surface area contributed by atoms with Crippen LogP contribution in [0, 0.1) is 16.7 Å². The molecule has 20 heavy (non-hydrogen) atoms. The second kappa shape index (κ2) is 4.53. The molecule has 2 aromatic rings. The second-order valence-electron chi connectivity index (χ2n) is 5.08. The Morgan fingerprint density at radius 1 is 1.25 bits per heavy atom. The monoisotopic (exact) mass is 266 g/mol. The SMILES string of the molecule is COc1ccc2cc(NC(=O)C3(C#N)CC3)ccc2c1. The van der Waals surface area contributed by atoms with E-state index in [9.17, 15) is 4.79 Å². The average molecular weight is 266 g/mol. The maximum absolute atomic E-state index is 12.0. The van der Waals surface area contributed by atoms with Gasteiger partial charge in [-0.25, -0.2) is 0 Å². The summed E-state index contributed by atoms with van der Waals surface area (Å²) >= 11 is 0. The highest BCUT2D eigenvalue weighted by Gasteiger charge is 2.50. The van der Waals surface area contributed by atoms with Crippen molar-refractivity contribution in [1.29, 1.82) is 5.26 Å². The molecule has 4 nitrogen and oxygen atoms in total. The zero-order chi connectivity index (χ0) is 14.2. The largest absolute Gasteiger partial charge is 0.497 e. The molecule has 1 aliphatic rings. The van der Waals surface area contributed by atoms with Crippen molar-refractivity contribution in [2.45, 2.75) is 12.8 Å². The van der Waals surface area contributed by atoms with Gasteiger partial charge in [0, 0.05) is 5.69 Å². The fourth-order valence-corrected chi connectivity index (χ4v) is 2.19. The van der Waals surface area contributed by atoms with E-state index >= 15 is 0 Å². The molecule has 0 radical (unpaired) electrons. The number of nitriles is 1. The molecule has 4 heteroatoms. The first-order chi connectivity index (χ1) is 9.66. The van der Waals surface area contributed by atoms with Gasteiger partial charge in [0.1, 0.15) is 11.2 Å². The van der Waals surface area contributed by atoms with Gasteiger partial charge in [-0.15, -0.1) is 0 Å². The molecule has 0 spiro atoms. The summed E-state index contributed by atoms with van der Waals surface area (Å²) in [6, 6.07) is 13.5. The van der Waals surface area contributed by atoms with Gasteiger partial charge in [-0.05, 0) is 47.9 Å². The summed E-state index contributed by atoms with van der Waals surface area (Å²) in [5.74, 6) is 0.601. The number of nitrogens with zero attached hydrogens (tertiary/aromatic N) is 1. The molecule has 2 aromatic carbocycles. The molecule has 1 N–H and O–H groups in total. The molecule has 1 fully saturated rings. The molecular weight excluding hydrogens is 252 g/mol. The van der Waals surface area contributed by atoms with Gasteiger partial charge in [0.15, 0.2) is 0 Å². The summed E-state index contributed by atoms with van der Waals surface area (Å²) in [7, 11) is 1.63. The van der Waals surface area contributed by atoms with Crippen LogP contribution in [0.1, 0.15) is 12.8 Å². The smallest absolute Gasteiger partial charge is 0.244 e. The topological polar surface area (TPSA) is 62.1 Å². The molecule has 0 atom stereocenters. The van der Waals surface area contributed by atoms with Gasteiger partial charge in [0.05, 0.1) is 13.2 Å². The molecular formula is C16H14N2O2. The number of nitrogens with one attached hydrogen (secondary N) is 1. The van der Waals surface area contributed by atoms with Crippen molar-refractivity contribution >= 4 is 22.4 Å². The first-order valence-corrected chi connectivity index (χ1v) is 6.47. The van der Waals surface area contributed by atoms with Crippen molar-refractivity contribution in [2.24, 2.45) is 5.41 Å². The van der Waals surface area contributed by atoms with E-state index < -0.39 is 5.41 Å². The minimum Gasteiger partial charge on any atom is -0.497 e. The van der Waals surface area contributed by atoms with Gasteiger partial charge >= 0.3 is 0 Å². The fraction of sp³-hybridized carbons (Fsp3) is 0.250. The van der Waals surface area contributed by atoms with Crippen molar-refractivity contribution in [3.05, 3.63) is 36.4 Å². The Balaban J connectivity index is 1.86. The summed E-state index contributed by atoms with van der Waals surface area (Å²) in [6.45, 7) is 0. The molecule has 1 saturated carbocycles. The summed E-state index contributed by atoms with van der Waals surface area (Å²) < 4.78 is 5.18. The lowest BCUT2D eigenvalue weighted by Crippen LogP contribution is -2.22. The highest BCUT2D eigenvalue weighted by Crippen LogP contribution is 2.45. The first kappa shape index (κ1) is 12.5. The van der Waals surface area contributed by atoms with E-state index in [1.54, 1.807) is 7.11 Å². The summed E-state index contributed by atoms with van der Waals surface area (Å²) in [5, 5.41) is 13.9. The highest BCUT2D eigenvalue weighted by atomic mass is 16.5. The predicted molar refractivity (Wildman–Crippen MR) is 76.4 cm³/mol. The Hall–Kier alpha value is -2.54. The van der Waals surface area contributed by atoms with Crippen molar-refractivity contribution in [1.82, 2.24) is 0 Å². The number of methoxy groups -OCH3 is 1. The van der Waals surface area contributed by atoms with Gasteiger partial charge in [-0.2, -0.15) is 5.26 Å². The van der Waals surface area contributed by atoms with Crippen LogP contribution in [-0.2, 0) is 4.79 Å². The van der Waals surface area contributed by atoms with Crippen LogP contribution in [0.4, 0.5) is 5.69 Å². The third kappa shape index (κ3) is 2.08. The summed E-state index contributed by atoms with van der Waals surface area (Å²) in [5.41, 5.74) is -0.0799. The lowest BCUT2D eigenvalue weighted by atomic mass is 10.1. The van der Waals surface area contributed by atoms with E-state index in [-0.39, 0.29) is 5.91 Å². The second-order valence-corrected chi connectivity index (χ2v) is 5.08. The van der Waals surface area contributed by atoms with Crippen molar-refractivity contribution in [3.63, 3.8) is 0 Å². The van der Waals surface area contributed by atoms with E-state index in [2.05, 4.69) is 11.4 Å². The lowest BCUT2D eigenvalue weighted by molar-refractivity contribution is -0.119. The summed E-state index contributed by atoms with van der Waals surface area (Å²) in [6.07, 6.45) is 1.31. The van der Waals surface area contributed by atoms with Crippen LogP contribution in [0.3, 0.4) is 0 Å². The molecule has 1 amide bonds. The Kier molecular flexibility index (Phi) is 2.83. The van der Waals surface area contributed by atoms with E-state index in [4.69, 9.17) is 10.00 Å². The Morgan fingerprint density at radius 3 is 2.60 bits per heavy atom. The van der Waals surface area contributed by atoms with Gasteiger partial charge in [0.25, 0.3) is 0 Å². The normalized spacial score (nSPS) is 15.4. The third-order valence-electron chi connectivity index (χ3n) is 3.70. The van der Waals surface area contributed by atoms with Crippen LogP contribution in [0.25, 0.3) is 10.8 Å². The van der Waals surface area contributed by atoms with Crippen LogP contribution < -0.4 is 10.1 Å². The van der Waals surface area contributed by atoms with Crippen LogP contribution >= 0.6 is 0 Å². The number of hydrogen-bond donors (Lipinski definition) is 1. The number of amides is 1. The van der Waals surface area contributed by atoms with E-state index in [1.165, 1.54) is 0 Å². The highest BCUT2D eigenvalue weighted by molar-refractivity contribution is 6.00. The number of benzene rings is 2. The Morgan fingerprint density at radius 2 is 1.95 bits per heavy atom. The van der Waals surface area contributed by atoms with Crippen molar-refractivity contribution in [3.8, 4) is 11.8 Å². The molecule has 3 rings (SSSR count). The summed E-state index contributed by atoms with van der Waals surface area (Å²) in [4.78, 5) is 12.0. The Bertz CT molecular complexity index is 727. The zero-order valence-corrected chi connectivity index (χ0v) is 11.1. The number of rotatable bonds is 3. The first-order valence-electron chi connectivity index (χ1n) is 6.47. The third-order valence-corrected chi connectivity index (χ3v) is 3.70. The number of carbonyl (C=O) groups is 1. The van der Waals surface area contributed by atoms with Crippen LogP contribution in [0.2, 0.25) is 0 Å². The van der Waals surface area contributed by atoms with E-state index in [0.717, 1.165) is 16.5 Å². The van der Waals surface area contributed by atoms with Crippen LogP contribution in [0.5, 0.6) is 5.75 Å². The van der Waals surface area contributed by atoms with Gasteiger partial charge in [-0.3, -0.25) is 4.79 Å². The van der Waals surface area contributed by atoms with Crippen molar-refractivity contribution < 1.29 is 9.53 Å². The standard InChI is InChI=1S/C16H14N2O2/c1-20-14-5-3-11-8-13(4-2-12(11)9-14)18-15(19)16(10-17)6-7-16/h2-5,8-9H,6-7H2,1H3,(H,18,19). The number of anilines is 1. The maximum atomic E-state index is 12.0. The maximum Gasteiger partial charge on any atom is 0.244 e. The van der Waals surface area contributed by atoms with Gasteiger partial charge in [-0.1, -0.05) is 12.1 Å². The molecule has 0 saturated heterocycles. The van der Waals surface area contributed by atoms with Gasteiger partial charge in [0.2, 0.25) is 5.91 Å². The number of ether oxygens (including phenoxy) is 1. The van der Waals surface area contributed by atoms with Gasteiger partial charge < -0.3 is 10.1 Å². The zero-order valence-electron chi connectivity index (χ0n) is 11.1. The molecule has 0 aromatic heterocycles. The van der Waals surface area contributed by atoms with E-state index in [1.807, 2.05) is 36.4 Å². The quantitative estimate of drug-likeness (QED) is 0.928. The molecule has 100 valence electrons. The Labute approximate surface area is 117 Å². The average Bonchev–Trinajstić information content (AvgIpc) is 3.28. The minimum atomic E-state index is -0.797. The minimum absolute atomic E-state index is 0.201.